The van der Waals surface area contributed by atoms with Crippen LogP contribution in [0.15, 0.2) is 54.1 Å². The molecule has 1 amide bonds. The number of carbonyl (C=O) groups excluding carboxylic acids is 1. The topological polar surface area (TPSA) is 99.4 Å². The molecule has 6 heteroatoms. The highest BCUT2D eigenvalue weighted by atomic mass is 16.5. The number of nitrogens with one attached hydrogen (secondary N) is 1. The molecule has 26 heavy (non-hydrogen) atoms. The van der Waals surface area contributed by atoms with Crippen LogP contribution in [0.3, 0.4) is 0 Å². The molecule has 132 valence electrons. The number of para-hydroxylation sites is 1. The van der Waals surface area contributed by atoms with Gasteiger partial charge in [0.2, 0.25) is 0 Å². The maximum Gasteiger partial charge on any atom is 0.344 e. The van der Waals surface area contributed by atoms with Crippen LogP contribution in [0.1, 0.15) is 18.1 Å². The number of ether oxygens (including phenoxy) is 1. The number of aryl methyl sites for hydroxylation is 1. The Hall–Kier alpha value is -3.59. The van der Waals surface area contributed by atoms with E-state index < -0.39 is 18.0 Å². The van der Waals surface area contributed by atoms with Gasteiger partial charge in [-0.15, -0.1) is 0 Å². The second-order valence-electron chi connectivity index (χ2n) is 5.61. The van der Waals surface area contributed by atoms with Crippen LogP contribution in [0, 0.1) is 18.3 Å². The summed E-state index contributed by atoms with van der Waals surface area (Å²) in [4.78, 5) is 23.1. The summed E-state index contributed by atoms with van der Waals surface area (Å²) in [5.74, 6) is -1.17. The van der Waals surface area contributed by atoms with Crippen molar-refractivity contribution in [1.82, 2.24) is 0 Å². The second-order valence-corrected chi connectivity index (χ2v) is 5.61. The fourth-order valence-corrected chi connectivity index (χ4v) is 2.12. The molecular weight excluding hydrogens is 332 g/mol. The van der Waals surface area contributed by atoms with Gasteiger partial charge in [-0.3, -0.25) is 4.79 Å². The number of hydrogen-bond donors (Lipinski definition) is 2. The number of nitrogens with zero attached hydrogens (tertiary/aromatic N) is 1. The summed E-state index contributed by atoms with van der Waals surface area (Å²) >= 11 is 0. The van der Waals surface area contributed by atoms with E-state index in [1.165, 1.54) is 13.0 Å². The molecule has 0 fully saturated rings. The Morgan fingerprint density at radius 3 is 2.42 bits per heavy atom. The normalized spacial score (nSPS) is 12.0. The number of carbonyl (C=O) groups is 2. The van der Waals surface area contributed by atoms with Gasteiger partial charge in [0.15, 0.2) is 6.10 Å². The van der Waals surface area contributed by atoms with Gasteiger partial charge in [-0.05, 0) is 49.2 Å². The molecule has 0 saturated carbocycles. The van der Waals surface area contributed by atoms with Crippen LogP contribution in [0.25, 0.3) is 6.08 Å². The SMILES string of the molecule is Cc1ccccc1NC(=O)/C(C#N)=C\c1ccc(O[C@@H](C)C(=O)O)cc1. The fourth-order valence-electron chi connectivity index (χ4n) is 2.12. The van der Waals surface area contributed by atoms with Crippen LogP contribution in [0.5, 0.6) is 5.75 Å². The Morgan fingerprint density at radius 2 is 1.85 bits per heavy atom. The zero-order valence-corrected chi connectivity index (χ0v) is 14.4. The molecular formula is C20H18N2O4. The summed E-state index contributed by atoms with van der Waals surface area (Å²) in [6, 6.07) is 15.6. The largest absolute Gasteiger partial charge is 0.479 e. The molecule has 0 aliphatic heterocycles. The van der Waals surface area contributed by atoms with Crippen molar-refractivity contribution in [3.05, 3.63) is 65.2 Å². The smallest absolute Gasteiger partial charge is 0.344 e. The van der Waals surface area contributed by atoms with Crippen LogP contribution in [0.2, 0.25) is 0 Å². The molecule has 0 radical (unpaired) electrons. The molecule has 2 N–H and O–H groups in total. The van der Waals surface area contributed by atoms with Gasteiger partial charge in [0.25, 0.3) is 5.91 Å². The first-order valence-electron chi connectivity index (χ1n) is 7.89. The maximum absolute atomic E-state index is 12.3. The van der Waals surface area contributed by atoms with E-state index >= 15 is 0 Å². The Labute approximate surface area is 151 Å². The second kappa shape index (κ2) is 8.49. The summed E-state index contributed by atoms with van der Waals surface area (Å²) in [5.41, 5.74) is 2.12. The number of nitriles is 1. The van der Waals surface area contributed by atoms with Gasteiger partial charge in [-0.2, -0.15) is 5.26 Å². The third kappa shape index (κ3) is 4.95. The number of benzene rings is 2. The van der Waals surface area contributed by atoms with Crippen molar-refractivity contribution in [2.75, 3.05) is 5.32 Å². The standard InChI is InChI=1S/C20H18N2O4/c1-13-5-3-4-6-18(13)22-19(23)16(12-21)11-15-7-9-17(10-8-15)26-14(2)20(24)25/h3-11,14H,1-2H3,(H,22,23)(H,24,25)/b16-11-/t14-/m0/s1. The van der Waals surface area contributed by atoms with E-state index in [0.29, 0.717) is 17.0 Å². The number of aliphatic carboxylic acids is 1. The molecule has 0 spiro atoms. The molecule has 2 aromatic carbocycles. The minimum absolute atomic E-state index is 0.0409. The van der Waals surface area contributed by atoms with E-state index in [1.807, 2.05) is 25.1 Å². The lowest BCUT2D eigenvalue weighted by Gasteiger charge is -2.10. The summed E-state index contributed by atoms with van der Waals surface area (Å²) in [6.45, 7) is 3.29. The van der Waals surface area contributed by atoms with Gasteiger partial charge in [-0.1, -0.05) is 30.3 Å². The predicted octanol–water partition coefficient (Wildman–Crippen LogP) is 3.39. The molecule has 0 heterocycles. The number of carboxylic acid groups (broad SMARTS) is 1. The van der Waals surface area contributed by atoms with Crippen molar-refractivity contribution in [1.29, 1.82) is 5.26 Å². The molecule has 2 aromatic rings. The van der Waals surface area contributed by atoms with Gasteiger partial charge in [-0.25, -0.2) is 4.79 Å². The third-order valence-electron chi connectivity index (χ3n) is 3.61. The molecule has 0 saturated heterocycles. The Morgan fingerprint density at radius 1 is 1.19 bits per heavy atom. The Bertz CT molecular complexity index is 879. The third-order valence-corrected chi connectivity index (χ3v) is 3.61. The quantitative estimate of drug-likeness (QED) is 0.614. The molecule has 6 nitrogen and oxygen atoms in total. The Balaban J connectivity index is 2.13. The van der Waals surface area contributed by atoms with E-state index in [-0.39, 0.29) is 5.57 Å². The molecule has 1 atom stereocenters. The fraction of sp³-hybridized carbons (Fsp3) is 0.150. The van der Waals surface area contributed by atoms with Crippen LogP contribution in [-0.4, -0.2) is 23.1 Å². The average Bonchev–Trinajstić information content (AvgIpc) is 2.62. The average molecular weight is 350 g/mol. The molecule has 0 bridgehead atoms. The first kappa shape index (κ1) is 18.7. The van der Waals surface area contributed by atoms with Crippen LogP contribution < -0.4 is 10.1 Å². The van der Waals surface area contributed by atoms with Crippen molar-refractivity contribution in [2.24, 2.45) is 0 Å². The highest BCUT2D eigenvalue weighted by molar-refractivity contribution is 6.09. The van der Waals surface area contributed by atoms with E-state index in [0.717, 1.165) is 5.56 Å². The predicted molar refractivity (Wildman–Crippen MR) is 97.6 cm³/mol. The molecule has 0 aliphatic carbocycles. The zero-order chi connectivity index (χ0) is 19.1. The van der Waals surface area contributed by atoms with Gasteiger partial charge >= 0.3 is 5.97 Å². The van der Waals surface area contributed by atoms with E-state index in [4.69, 9.17) is 9.84 Å². The summed E-state index contributed by atoms with van der Waals surface area (Å²) in [7, 11) is 0. The van der Waals surface area contributed by atoms with Crippen molar-refractivity contribution in [3.63, 3.8) is 0 Å². The number of rotatable bonds is 6. The lowest BCUT2D eigenvalue weighted by Crippen LogP contribution is -2.22. The molecule has 0 unspecified atom stereocenters. The lowest BCUT2D eigenvalue weighted by molar-refractivity contribution is -0.144. The van der Waals surface area contributed by atoms with Gasteiger partial charge < -0.3 is 15.2 Å². The first-order valence-corrected chi connectivity index (χ1v) is 7.89. The Kier molecular flexibility index (Phi) is 6.12. The van der Waals surface area contributed by atoms with Crippen molar-refractivity contribution >= 4 is 23.6 Å². The zero-order valence-electron chi connectivity index (χ0n) is 14.4. The number of anilines is 1. The monoisotopic (exact) mass is 350 g/mol. The highest BCUT2D eigenvalue weighted by Crippen LogP contribution is 2.18. The van der Waals surface area contributed by atoms with Crippen molar-refractivity contribution in [3.8, 4) is 11.8 Å². The molecule has 0 aliphatic rings. The number of hydrogen-bond acceptors (Lipinski definition) is 4. The summed E-state index contributed by atoms with van der Waals surface area (Å²) < 4.78 is 5.24. The minimum atomic E-state index is -1.06. The minimum Gasteiger partial charge on any atom is -0.479 e. The van der Waals surface area contributed by atoms with Crippen LogP contribution in [0.4, 0.5) is 5.69 Å². The van der Waals surface area contributed by atoms with E-state index in [9.17, 15) is 14.9 Å². The van der Waals surface area contributed by atoms with Crippen LogP contribution in [-0.2, 0) is 9.59 Å². The van der Waals surface area contributed by atoms with Crippen molar-refractivity contribution in [2.45, 2.75) is 20.0 Å². The highest BCUT2D eigenvalue weighted by Gasteiger charge is 2.13. The van der Waals surface area contributed by atoms with E-state index in [1.54, 1.807) is 36.4 Å². The van der Waals surface area contributed by atoms with Gasteiger partial charge in [0.1, 0.15) is 17.4 Å². The van der Waals surface area contributed by atoms with Gasteiger partial charge in [0.05, 0.1) is 0 Å². The number of carboxylic acids is 1. The summed E-state index contributed by atoms with van der Waals surface area (Å²) in [6.07, 6.45) is 0.490. The maximum atomic E-state index is 12.3. The van der Waals surface area contributed by atoms with E-state index in [2.05, 4.69) is 5.32 Å². The van der Waals surface area contributed by atoms with Crippen molar-refractivity contribution < 1.29 is 19.4 Å². The van der Waals surface area contributed by atoms with Crippen LogP contribution >= 0.6 is 0 Å². The molecule has 2 rings (SSSR count). The lowest BCUT2D eigenvalue weighted by atomic mass is 10.1. The molecule has 0 aromatic heterocycles. The number of amides is 1. The van der Waals surface area contributed by atoms with Gasteiger partial charge in [0, 0.05) is 5.69 Å². The first-order chi connectivity index (χ1) is 12.4. The summed E-state index contributed by atoms with van der Waals surface area (Å²) in [5, 5.41) is 20.8.